The smallest absolute Gasteiger partial charge is 0.310 e. The van der Waals surface area contributed by atoms with E-state index in [9.17, 15) is 14.4 Å². The molecular formula is C23H22N2O4. The monoisotopic (exact) mass is 390 g/mol. The minimum Gasteiger partial charge on any atom is -0.462 e. The summed E-state index contributed by atoms with van der Waals surface area (Å²) in [5.74, 6) is -0.670. The third-order valence-corrected chi connectivity index (χ3v) is 6.50. The fraction of sp³-hybridized carbons (Fsp3) is 0.348. The summed E-state index contributed by atoms with van der Waals surface area (Å²) in [4.78, 5) is 37.2. The summed E-state index contributed by atoms with van der Waals surface area (Å²) in [6.07, 6.45) is 1.72. The molecule has 5 atom stereocenters. The highest BCUT2D eigenvalue weighted by Gasteiger charge is 2.63. The van der Waals surface area contributed by atoms with Crippen molar-refractivity contribution < 1.29 is 19.1 Å². The summed E-state index contributed by atoms with van der Waals surface area (Å²) >= 11 is 0. The van der Waals surface area contributed by atoms with E-state index in [1.54, 1.807) is 24.3 Å². The molecule has 6 nitrogen and oxygen atoms in total. The molecule has 2 amide bonds. The number of hydrogen-bond acceptors (Lipinski definition) is 4. The van der Waals surface area contributed by atoms with Crippen molar-refractivity contribution in [1.82, 2.24) is 5.32 Å². The number of amides is 2. The molecule has 1 aliphatic heterocycles. The van der Waals surface area contributed by atoms with Crippen LogP contribution < -0.4 is 10.6 Å². The SMILES string of the molecule is O=C(NCc1ccccc1)c1ccc(NC(=O)C2C3CC4OC(=O)C2C4C3)cc1. The Labute approximate surface area is 168 Å². The van der Waals surface area contributed by atoms with Gasteiger partial charge >= 0.3 is 5.97 Å². The van der Waals surface area contributed by atoms with Gasteiger partial charge in [0, 0.05) is 23.7 Å². The molecule has 0 radical (unpaired) electrons. The summed E-state index contributed by atoms with van der Waals surface area (Å²) in [7, 11) is 0. The third-order valence-electron chi connectivity index (χ3n) is 6.50. The molecule has 1 heterocycles. The first-order valence-corrected chi connectivity index (χ1v) is 10.0. The lowest BCUT2D eigenvalue weighted by Gasteiger charge is -2.23. The van der Waals surface area contributed by atoms with Gasteiger partial charge in [-0.2, -0.15) is 0 Å². The Morgan fingerprint density at radius 3 is 2.52 bits per heavy atom. The normalized spacial score (nSPS) is 28.8. The molecule has 0 aromatic heterocycles. The van der Waals surface area contributed by atoms with Gasteiger partial charge in [0.25, 0.3) is 5.91 Å². The van der Waals surface area contributed by atoms with Crippen LogP contribution in [0.2, 0.25) is 0 Å². The van der Waals surface area contributed by atoms with Crippen molar-refractivity contribution >= 4 is 23.5 Å². The van der Waals surface area contributed by atoms with Gasteiger partial charge in [-0.15, -0.1) is 0 Å². The Balaban J connectivity index is 1.20. The zero-order chi connectivity index (χ0) is 20.0. The first kappa shape index (κ1) is 17.9. The average Bonchev–Trinajstić information content (AvgIpc) is 3.36. The molecule has 2 aromatic carbocycles. The minimum atomic E-state index is -0.305. The second kappa shape index (κ2) is 7.03. The second-order valence-electron chi connectivity index (χ2n) is 8.16. The van der Waals surface area contributed by atoms with Gasteiger partial charge in [0.1, 0.15) is 6.10 Å². The van der Waals surface area contributed by atoms with Crippen LogP contribution in [0.3, 0.4) is 0 Å². The van der Waals surface area contributed by atoms with Gasteiger partial charge in [-0.1, -0.05) is 30.3 Å². The molecule has 2 saturated carbocycles. The number of esters is 1. The van der Waals surface area contributed by atoms with E-state index in [1.807, 2.05) is 30.3 Å². The first-order valence-electron chi connectivity index (χ1n) is 10.0. The van der Waals surface area contributed by atoms with Crippen LogP contribution in [0.15, 0.2) is 54.6 Å². The Hall–Kier alpha value is -3.15. The van der Waals surface area contributed by atoms with Crippen LogP contribution in [0.1, 0.15) is 28.8 Å². The highest BCUT2D eigenvalue weighted by atomic mass is 16.6. The summed E-state index contributed by atoms with van der Waals surface area (Å²) in [6.45, 7) is 0.459. The highest BCUT2D eigenvalue weighted by Crippen LogP contribution is 2.57. The van der Waals surface area contributed by atoms with Crippen LogP contribution in [0.5, 0.6) is 0 Å². The van der Waals surface area contributed by atoms with E-state index in [0.29, 0.717) is 17.8 Å². The Morgan fingerprint density at radius 1 is 1.00 bits per heavy atom. The quantitative estimate of drug-likeness (QED) is 0.769. The predicted molar refractivity (Wildman–Crippen MR) is 106 cm³/mol. The van der Waals surface area contributed by atoms with Crippen LogP contribution in [0.25, 0.3) is 0 Å². The Morgan fingerprint density at radius 2 is 1.76 bits per heavy atom. The minimum absolute atomic E-state index is 0.0234. The molecule has 148 valence electrons. The summed E-state index contributed by atoms with van der Waals surface area (Å²) < 4.78 is 5.40. The van der Waals surface area contributed by atoms with Gasteiger partial charge < -0.3 is 15.4 Å². The molecular weight excluding hydrogens is 368 g/mol. The molecule has 3 aliphatic rings. The van der Waals surface area contributed by atoms with Crippen LogP contribution >= 0.6 is 0 Å². The molecule has 1 saturated heterocycles. The maximum atomic E-state index is 12.8. The molecule has 3 fully saturated rings. The van der Waals surface area contributed by atoms with Crippen molar-refractivity contribution in [3.05, 3.63) is 65.7 Å². The molecule has 2 N–H and O–H groups in total. The van der Waals surface area contributed by atoms with Crippen molar-refractivity contribution in [3.8, 4) is 0 Å². The first-order chi connectivity index (χ1) is 14.1. The number of hydrogen-bond donors (Lipinski definition) is 2. The van der Waals surface area contributed by atoms with Gasteiger partial charge in [0.15, 0.2) is 0 Å². The van der Waals surface area contributed by atoms with Crippen LogP contribution in [-0.2, 0) is 20.9 Å². The standard InChI is InChI=1S/C23H22N2O4/c26-21(24-12-13-4-2-1-3-5-13)14-6-8-16(9-7-14)25-22(27)19-15-10-17-18(11-15)29-23(28)20(17)19/h1-9,15,17-20H,10-12H2,(H,24,26)(H,25,27). The summed E-state index contributed by atoms with van der Waals surface area (Å²) in [6, 6.07) is 16.5. The lowest BCUT2D eigenvalue weighted by molar-refractivity contribution is -0.145. The van der Waals surface area contributed by atoms with Crippen LogP contribution in [-0.4, -0.2) is 23.9 Å². The largest absolute Gasteiger partial charge is 0.462 e. The number of nitrogens with one attached hydrogen (secondary N) is 2. The number of fused-ring (bicyclic) bond motifs is 1. The third kappa shape index (κ3) is 3.18. The van der Waals surface area contributed by atoms with Crippen LogP contribution in [0.4, 0.5) is 5.69 Å². The van der Waals surface area contributed by atoms with E-state index in [2.05, 4.69) is 10.6 Å². The van der Waals surface area contributed by atoms with Gasteiger partial charge in [-0.25, -0.2) is 0 Å². The van der Waals surface area contributed by atoms with Gasteiger partial charge in [0.2, 0.25) is 5.91 Å². The second-order valence-corrected chi connectivity index (χ2v) is 8.16. The summed E-state index contributed by atoms with van der Waals surface area (Å²) in [5.41, 5.74) is 2.18. The van der Waals surface area contributed by atoms with Crippen molar-refractivity contribution in [1.29, 1.82) is 0 Å². The number of ether oxygens (including phenoxy) is 1. The fourth-order valence-corrected chi connectivity index (χ4v) is 5.17. The maximum absolute atomic E-state index is 12.8. The van der Waals surface area contributed by atoms with Crippen LogP contribution in [0, 0.1) is 23.7 Å². The number of benzene rings is 2. The number of rotatable bonds is 5. The number of anilines is 1. The van der Waals surface area contributed by atoms with Gasteiger partial charge in [-0.3, -0.25) is 14.4 Å². The van der Waals surface area contributed by atoms with E-state index in [-0.39, 0.29) is 47.6 Å². The van der Waals surface area contributed by atoms with E-state index >= 15 is 0 Å². The zero-order valence-electron chi connectivity index (χ0n) is 15.8. The highest BCUT2D eigenvalue weighted by molar-refractivity contribution is 5.98. The van der Waals surface area contributed by atoms with Crippen molar-refractivity contribution in [2.45, 2.75) is 25.5 Å². The Kier molecular flexibility index (Phi) is 4.34. The summed E-state index contributed by atoms with van der Waals surface area (Å²) in [5, 5.41) is 5.80. The molecule has 29 heavy (non-hydrogen) atoms. The lowest BCUT2D eigenvalue weighted by atomic mass is 9.79. The molecule has 2 aromatic rings. The molecule has 2 bridgehead atoms. The molecule has 2 aliphatic carbocycles. The molecule has 6 heteroatoms. The number of carbonyl (C=O) groups excluding carboxylic acids is 3. The van der Waals surface area contributed by atoms with Crippen molar-refractivity contribution in [2.24, 2.45) is 23.7 Å². The van der Waals surface area contributed by atoms with E-state index in [4.69, 9.17) is 4.74 Å². The molecule has 5 rings (SSSR count). The van der Waals surface area contributed by atoms with E-state index in [1.165, 1.54) is 0 Å². The zero-order valence-corrected chi connectivity index (χ0v) is 15.8. The molecule has 0 spiro atoms. The van der Waals surface area contributed by atoms with Crippen molar-refractivity contribution in [3.63, 3.8) is 0 Å². The topological polar surface area (TPSA) is 84.5 Å². The Bertz CT molecular complexity index is 955. The predicted octanol–water partition coefficient (Wildman–Crippen LogP) is 2.75. The van der Waals surface area contributed by atoms with Gasteiger partial charge in [-0.05, 0) is 48.6 Å². The van der Waals surface area contributed by atoms with E-state index in [0.717, 1.165) is 18.4 Å². The maximum Gasteiger partial charge on any atom is 0.310 e. The molecule has 5 unspecified atom stereocenters. The van der Waals surface area contributed by atoms with Gasteiger partial charge in [0.05, 0.1) is 11.8 Å². The fourth-order valence-electron chi connectivity index (χ4n) is 5.17. The van der Waals surface area contributed by atoms with E-state index < -0.39 is 0 Å². The lowest BCUT2D eigenvalue weighted by Crippen LogP contribution is -2.35. The average molecular weight is 390 g/mol. The number of carbonyl (C=O) groups is 3. The van der Waals surface area contributed by atoms with Crippen molar-refractivity contribution in [2.75, 3.05) is 5.32 Å².